The number of fused-ring (bicyclic) bond motifs is 1. The smallest absolute Gasteiger partial charge is 0.242 e. The number of hydrogen-bond donors (Lipinski definition) is 1. The molecule has 0 aromatic heterocycles. The molecule has 1 aromatic carbocycles. The SMILES string of the molecule is N#C[C@@H]1CCCN1C(=O)[C@H]1NCSC1C(=O)[C@H]1CCc2ccccc2C1. The molecular formula is C20H23N3O2S. The van der Waals surface area contributed by atoms with Crippen molar-refractivity contribution < 1.29 is 9.59 Å². The Morgan fingerprint density at radius 3 is 2.85 bits per heavy atom. The molecule has 2 saturated heterocycles. The monoisotopic (exact) mass is 369 g/mol. The summed E-state index contributed by atoms with van der Waals surface area (Å²) in [5.74, 6) is 0.721. The Bertz CT molecular complexity index is 760. The van der Waals surface area contributed by atoms with Crippen molar-refractivity contribution in [3.8, 4) is 6.07 Å². The maximum absolute atomic E-state index is 13.2. The minimum absolute atomic E-state index is 0.0112. The largest absolute Gasteiger partial charge is 0.325 e. The van der Waals surface area contributed by atoms with E-state index in [1.165, 1.54) is 22.9 Å². The topological polar surface area (TPSA) is 73.2 Å². The predicted molar refractivity (Wildman–Crippen MR) is 100 cm³/mol. The number of nitrogens with zero attached hydrogens (tertiary/aromatic N) is 2. The maximum atomic E-state index is 13.2. The van der Waals surface area contributed by atoms with Crippen LogP contribution in [0.15, 0.2) is 24.3 Å². The van der Waals surface area contributed by atoms with Crippen LogP contribution in [0.2, 0.25) is 0 Å². The third-order valence-electron chi connectivity index (χ3n) is 5.85. The Hall–Kier alpha value is -1.84. The van der Waals surface area contributed by atoms with Gasteiger partial charge < -0.3 is 4.90 Å². The lowest BCUT2D eigenvalue weighted by atomic mass is 9.80. The molecule has 0 saturated carbocycles. The molecule has 2 heterocycles. The molecular weight excluding hydrogens is 346 g/mol. The number of hydrogen-bond acceptors (Lipinski definition) is 5. The minimum Gasteiger partial charge on any atom is -0.325 e. The van der Waals surface area contributed by atoms with E-state index in [0.717, 1.165) is 32.1 Å². The minimum atomic E-state index is -0.487. The first-order chi connectivity index (χ1) is 12.7. The van der Waals surface area contributed by atoms with Crippen LogP contribution in [0.4, 0.5) is 0 Å². The van der Waals surface area contributed by atoms with Gasteiger partial charge in [-0.1, -0.05) is 24.3 Å². The fourth-order valence-corrected chi connectivity index (χ4v) is 5.63. The number of carbonyl (C=O) groups is 2. The van der Waals surface area contributed by atoms with E-state index in [1.807, 2.05) is 12.1 Å². The Labute approximate surface area is 158 Å². The summed E-state index contributed by atoms with van der Waals surface area (Å²) in [7, 11) is 0. The lowest BCUT2D eigenvalue weighted by Crippen LogP contribution is -2.52. The van der Waals surface area contributed by atoms with E-state index in [-0.39, 0.29) is 28.9 Å². The van der Waals surface area contributed by atoms with E-state index in [2.05, 4.69) is 23.5 Å². The first-order valence-corrected chi connectivity index (χ1v) is 10.4. The number of ketones is 1. The van der Waals surface area contributed by atoms with E-state index in [1.54, 1.807) is 4.90 Å². The fourth-order valence-electron chi connectivity index (χ4n) is 4.41. The van der Waals surface area contributed by atoms with Gasteiger partial charge in [-0.15, -0.1) is 11.8 Å². The molecule has 4 rings (SSSR count). The number of likely N-dealkylation sites (tertiary alicyclic amines) is 1. The molecule has 1 N–H and O–H groups in total. The normalized spacial score (nSPS) is 30.7. The van der Waals surface area contributed by atoms with Crippen LogP contribution in [0.1, 0.15) is 30.4 Å². The number of nitriles is 1. The van der Waals surface area contributed by atoms with Gasteiger partial charge in [0.15, 0.2) is 5.78 Å². The average molecular weight is 369 g/mol. The van der Waals surface area contributed by atoms with Gasteiger partial charge in [-0.25, -0.2) is 0 Å². The number of Topliss-reactive ketones (excluding diaryl/α,β-unsaturated/α-hetero) is 1. The molecule has 4 atom stereocenters. The van der Waals surface area contributed by atoms with Gasteiger partial charge in [0.25, 0.3) is 0 Å². The first-order valence-electron chi connectivity index (χ1n) is 9.34. The number of amides is 1. The highest BCUT2D eigenvalue weighted by Gasteiger charge is 2.44. The van der Waals surface area contributed by atoms with Crippen molar-refractivity contribution in [2.45, 2.75) is 49.4 Å². The summed E-state index contributed by atoms with van der Waals surface area (Å²) < 4.78 is 0. The Balaban J connectivity index is 1.47. The van der Waals surface area contributed by atoms with Gasteiger partial charge in [-0.05, 0) is 43.2 Å². The maximum Gasteiger partial charge on any atom is 0.242 e. The second kappa shape index (κ2) is 7.42. The van der Waals surface area contributed by atoms with Crippen molar-refractivity contribution in [1.82, 2.24) is 10.2 Å². The van der Waals surface area contributed by atoms with Crippen LogP contribution in [0.5, 0.6) is 0 Å². The molecule has 0 bridgehead atoms. The van der Waals surface area contributed by atoms with Crippen molar-refractivity contribution >= 4 is 23.5 Å². The zero-order valence-corrected chi connectivity index (χ0v) is 15.5. The number of thioether (sulfide) groups is 1. The first kappa shape index (κ1) is 17.6. The molecule has 0 radical (unpaired) electrons. The number of aryl methyl sites for hydroxylation is 1. The van der Waals surface area contributed by atoms with E-state index in [4.69, 9.17) is 0 Å². The summed E-state index contributed by atoms with van der Waals surface area (Å²) in [6.07, 6.45) is 4.16. The van der Waals surface area contributed by atoms with E-state index in [0.29, 0.717) is 12.4 Å². The van der Waals surface area contributed by atoms with Crippen LogP contribution in [0.25, 0.3) is 0 Å². The zero-order chi connectivity index (χ0) is 18.1. The molecule has 1 aromatic rings. The van der Waals surface area contributed by atoms with E-state index < -0.39 is 6.04 Å². The number of benzene rings is 1. The summed E-state index contributed by atoms with van der Waals surface area (Å²) >= 11 is 1.54. The zero-order valence-electron chi connectivity index (χ0n) is 14.7. The summed E-state index contributed by atoms with van der Waals surface area (Å²) in [4.78, 5) is 27.8. The number of nitrogens with one attached hydrogen (secondary N) is 1. The quantitative estimate of drug-likeness (QED) is 0.881. The van der Waals surface area contributed by atoms with Crippen LogP contribution in [0.3, 0.4) is 0 Å². The highest BCUT2D eigenvalue weighted by molar-refractivity contribution is 8.00. The van der Waals surface area contributed by atoms with Crippen LogP contribution in [0, 0.1) is 17.2 Å². The number of carbonyl (C=O) groups excluding carboxylic acids is 2. The highest BCUT2D eigenvalue weighted by atomic mass is 32.2. The second-order valence-electron chi connectivity index (χ2n) is 7.34. The Morgan fingerprint density at radius 1 is 1.23 bits per heavy atom. The standard InChI is InChI=1S/C20H23N3O2S/c21-11-16-6-3-9-23(16)20(25)17-19(26-12-22-17)18(24)15-8-7-13-4-1-2-5-14(13)10-15/h1-2,4-5,15-17,19,22H,3,6-10,12H2/t15-,16-,17-,19?/m0/s1. The number of rotatable bonds is 3. The van der Waals surface area contributed by atoms with Gasteiger partial charge in [-0.3, -0.25) is 14.9 Å². The van der Waals surface area contributed by atoms with Crippen molar-refractivity contribution in [2.24, 2.45) is 5.92 Å². The van der Waals surface area contributed by atoms with Crippen LogP contribution < -0.4 is 5.32 Å². The lowest BCUT2D eigenvalue weighted by Gasteiger charge is -2.29. The fraction of sp³-hybridized carbons (Fsp3) is 0.550. The molecule has 136 valence electrons. The summed E-state index contributed by atoms with van der Waals surface area (Å²) in [6, 6.07) is 9.72. The second-order valence-corrected chi connectivity index (χ2v) is 8.47. The van der Waals surface area contributed by atoms with Crippen molar-refractivity contribution in [1.29, 1.82) is 5.26 Å². The van der Waals surface area contributed by atoms with Crippen molar-refractivity contribution in [3.63, 3.8) is 0 Å². The molecule has 26 heavy (non-hydrogen) atoms. The van der Waals surface area contributed by atoms with Crippen molar-refractivity contribution in [3.05, 3.63) is 35.4 Å². The van der Waals surface area contributed by atoms with E-state index >= 15 is 0 Å². The molecule has 5 nitrogen and oxygen atoms in total. The molecule has 1 aliphatic carbocycles. The molecule has 2 aliphatic heterocycles. The van der Waals surface area contributed by atoms with Crippen LogP contribution >= 0.6 is 11.8 Å². The van der Waals surface area contributed by atoms with Gasteiger partial charge in [0.05, 0.1) is 11.3 Å². The van der Waals surface area contributed by atoms with Gasteiger partial charge in [0.2, 0.25) is 5.91 Å². The molecule has 3 aliphatic rings. The van der Waals surface area contributed by atoms with Crippen molar-refractivity contribution in [2.75, 3.05) is 12.4 Å². The van der Waals surface area contributed by atoms with Gasteiger partial charge in [0, 0.05) is 18.3 Å². The molecule has 0 spiro atoms. The van der Waals surface area contributed by atoms with Gasteiger partial charge in [0.1, 0.15) is 12.1 Å². The third-order valence-corrected chi connectivity index (χ3v) is 7.05. The highest BCUT2D eigenvalue weighted by Crippen LogP contribution is 2.33. The molecule has 2 fully saturated rings. The molecule has 1 amide bonds. The van der Waals surface area contributed by atoms with Crippen LogP contribution in [-0.4, -0.2) is 46.3 Å². The summed E-state index contributed by atoms with van der Waals surface area (Å²) in [5, 5.41) is 12.1. The van der Waals surface area contributed by atoms with Gasteiger partial charge >= 0.3 is 0 Å². The summed E-state index contributed by atoms with van der Waals surface area (Å²) in [5.41, 5.74) is 2.61. The van der Waals surface area contributed by atoms with E-state index in [9.17, 15) is 14.9 Å². The lowest BCUT2D eigenvalue weighted by molar-refractivity contribution is -0.135. The van der Waals surface area contributed by atoms with Crippen LogP contribution in [-0.2, 0) is 22.4 Å². The average Bonchev–Trinajstić information content (AvgIpc) is 3.35. The predicted octanol–water partition coefficient (Wildman–Crippen LogP) is 1.91. The third kappa shape index (κ3) is 3.15. The molecule has 6 heteroatoms. The summed E-state index contributed by atoms with van der Waals surface area (Å²) in [6.45, 7) is 0.623. The Morgan fingerprint density at radius 2 is 2.04 bits per heavy atom. The Kier molecular flexibility index (Phi) is 5.01. The molecule has 1 unspecified atom stereocenters. The van der Waals surface area contributed by atoms with Gasteiger partial charge in [-0.2, -0.15) is 5.26 Å².